The van der Waals surface area contributed by atoms with Crippen molar-refractivity contribution in [1.29, 1.82) is 0 Å². The Labute approximate surface area is 148 Å². The maximum Gasteiger partial charge on any atom is 0.416 e. The quantitative estimate of drug-likeness (QED) is 0.847. The van der Waals surface area contributed by atoms with Crippen molar-refractivity contribution in [1.82, 2.24) is 4.90 Å². The average molecular weight is 378 g/mol. The molecule has 1 saturated heterocycles. The number of hydrogen-bond acceptors (Lipinski definition) is 3. The number of benzene rings is 1. The fraction of sp³-hybridized carbons (Fsp3) is 0.500. The number of rotatable bonds is 4. The van der Waals surface area contributed by atoms with Gasteiger partial charge in [0, 0.05) is 6.54 Å². The largest absolute Gasteiger partial charge is 0.416 e. The van der Waals surface area contributed by atoms with Crippen molar-refractivity contribution < 1.29 is 22.8 Å². The van der Waals surface area contributed by atoms with E-state index in [1.54, 1.807) is 11.8 Å². The zero-order valence-electron chi connectivity index (χ0n) is 13.6. The molecule has 0 aliphatic carbocycles. The van der Waals surface area contributed by atoms with Crippen LogP contribution in [0, 0.1) is 5.92 Å². The number of primary amides is 1. The van der Waals surface area contributed by atoms with Crippen LogP contribution in [0.15, 0.2) is 18.2 Å². The fourth-order valence-corrected chi connectivity index (χ4v) is 2.96. The van der Waals surface area contributed by atoms with E-state index in [1.165, 1.54) is 0 Å². The van der Waals surface area contributed by atoms with Gasteiger partial charge in [0.25, 0.3) is 0 Å². The van der Waals surface area contributed by atoms with Gasteiger partial charge in [-0.3, -0.25) is 14.5 Å². The molecule has 2 rings (SSSR count). The van der Waals surface area contributed by atoms with Gasteiger partial charge < -0.3 is 11.1 Å². The van der Waals surface area contributed by atoms with Crippen molar-refractivity contribution in [3.05, 3.63) is 28.8 Å². The molecule has 1 aliphatic heterocycles. The summed E-state index contributed by atoms with van der Waals surface area (Å²) in [5.41, 5.74) is 4.32. The third kappa shape index (κ3) is 4.85. The summed E-state index contributed by atoms with van der Waals surface area (Å²) in [5.74, 6) is -1.24. The lowest BCUT2D eigenvalue weighted by molar-refractivity contribution is -0.137. The number of anilines is 1. The summed E-state index contributed by atoms with van der Waals surface area (Å²) in [6, 6.07) is 2.11. The van der Waals surface area contributed by atoms with E-state index in [1.807, 2.05) is 0 Å². The van der Waals surface area contributed by atoms with Gasteiger partial charge in [-0.2, -0.15) is 13.2 Å². The van der Waals surface area contributed by atoms with Gasteiger partial charge in [-0.05, 0) is 44.5 Å². The van der Waals surface area contributed by atoms with Crippen LogP contribution in [0.5, 0.6) is 0 Å². The Morgan fingerprint density at radius 1 is 1.40 bits per heavy atom. The number of piperidine rings is 1. The van der Waals surface area contributed by atoms with Crippen molar-refractivity contribution in [2.24, 2.45) is 11.7 Å². The van der Waals surface area contributed by atoms with E-state index < -0.39 is 29.6 Å². The number of nitrogens with one attached hydrogen (secondary N) is 1. The van der Waals surface area contributed by atoms with Gasteiger partial charge in [0.15, 0.2) is 0 Å². The van der Waals surface area contributed by atoms with Crippen molar-refractivity contribution in [2.45, 2.75) is 32.0 Å². The van der Waals surface area contributed by atoms with Gasteiger partial charge in [-0.1, -0.05) is 11.6 Å². The normalized spacial score (nSPS) is 20.1. The molecular formula is C16H19ClF3N3O2. The first-order valence-corrected chi connectivity index (χ1v) is 8.18. The van der Waals surface area contributed by atoms with E-state index >= 15 is 0 Å². The Morgan fingerprint density at radius 2 is 2.08 bits per heavy atom. The summed E-state index contributed by atoms with van der Waals surface area (Å²) in [4.78, 5) is 25.5. The topological polar surface area (TPSA) is 75.4 Å². The summed E-state index contributed by atoms with van der Waals surface area (Å²) in [7, 11) is 0. The lowest BCUT2D eigenvalue weighted by Crippen LogP contribution is -2.49. The summed E-state index contributed by atoms with van der Waals surface area (Å²) < 4.78 is 38.4. The van der Waals surface area contributed by atoms with Gasteiger partial charge in [0.05, 0.1) is 28.2 Å². The number of carbonyl (C=O) groups is 2. The minimum atomic E-state index is -4.53. The van der Waals surface area contributed by atoms with Crippen LogP contribution in [0.1, 0.15) is 25.3 Å². The molecule has 0 bridgehead atoms. The van der Waals surface area contributed by atoms with Crippen LogP contribution in [0.4, 0.5) is 18.9 Å². The number of amides is 2. The van der Waals surface area contributed by atoms with Crippen LogP contribution < -0.4 is 11.1 Å². The van der Waals surface area contributed by atoms with Gasteiger partial charge in [0.1, 0.15) is 0 Å². The molecule has 5 nitrogen and oxygen atoms in total. The molecule has 0 saturated carbocycles. The number of hydrogen-bond donors (Lipinski definition) is 2. The maximum atomic E-state index is 12.8. The van der Waals surface area contributed by atoms with Crippen LogP contribution in [0.3, 0.4) is 0 Å². The molecule has 0 aromatic heterocycles. The van der Waals surface area contributed by atoms with Gasteiger partial charge in [-0.25, -0.2) is 0 Å². The number of nitrogens with zero attached hydrogens (tertiary/aromatic N) is 1. The highest BCUT2D eigenvalue weighted by atomic mass is 35.5. The molecule has 3 N–H and O–H groups in total. The predicted molar refractivity (Wildman–Crippen MR) is 88.0 cm³/mol. The van der Waals surface area contributed by atoms with Crippen molar-refractivity contribution >= 4 is 29.1 Å². The van der Waals surface area contributed by atoms with Gasteiger partial charge in [-0.15, -0.1) is 0 Å². The zero-order chi connectivity index (χ0) is 18.8. The second-order valence-corrected chi connectivity index (χ2v) is 6.50. The van der Waals surface area contributed by atoms with Crippen LogP contribution in [0.2, 0.25) is 5.02 Å². The molecule has 0 radical (unpaired) electrons. The molecule has 25 heavy (non-hydrogen) atoms. The lowest BCUT2D eigenvalue weighted by Gasteiger charge is -2.34. The summed E-state index contributed by atoms with van der Waals surface area (Å²) in [6.07, 6.45) is -3.15. The van der Waals surface area contributed by atoms with E-state index in [2.05, 4.69) is 5.32 Å². The molecule has 0 spiro atoms. The van der Waals surface area contributed by atoms with E-state index in [-0.39, 0.29) is 16.6 Å². The van der Waals surface area contributed by atoms with Crippen LogP contribution in [-0.4, -0.2) is 35.8 Å². The standard InChI is InChI=1S/C16H19ClF3N3O2/c1-9(23-6-2-3-10(8-23)14(21)24)15(25)22-13-7-11(16(18,19)20)4-5-12(13)17/h4-5,7,9-10H,2-3,6,8H2,1H3,(H2,21,24)(H,22,25)/t9-,10-/m0/s1. The number of nitrogens with two attached hydrogens (primary N) is 1. The molecular weight excluding hydrogens is 359 g/mol. The predicted octanol–water partition coefficient (Wildman–Crippen LogP) is 2.88. The smallest absolute Gasteiger partial charge is 0.369 e. The molecule has 1 fully saturated rings. The zero-order valence-corrected chi connectivity index (χ0v) is 14.3. The molecule has 1 aromatic rings. The third-order valence-corrected chi connectivity index (χ3v) is 4.66. The van der Waals surface area contributed by atoms with Crippen molar-refractivity contribution in [3.63, 3.8) is 0 Å². The van der Waals surface area contributed by atoms with E-state index in [9.17, 15) is 22.8 Å². The van der Waals surface area contributed by atoms with Crippen LogP contribution in [0.25, 0.3) is 0 Å². The van der Waals surface area contributed by atoms with E-state index in [0.717, 1.165) is 24.6 Å². The number of likely N-dealkylation sites (tertiary alicyclic amines) is 1. The lowest BCUT2D eigenvalue weighted by atomic mass is 9.96. The second-order valence-electron chi connectivity index (χ2n) is 6.09. The Kier molecular flexibility index (Phi) is 5.95. The first-order chi connectivity index (χ1) is 11.6. The molecule has 0 unspecified atom stereocenters. The molecule has 138 valence electrons. The van der Waals surface area contributed by atoms with E-state index in [0.29, 0.717) is 19.5 Å². The Balaban J connectivity index is 2.10. The molecule has 1 aromatic carbocycles. The van der Waals surface area contributed by atoms with Crippen LogP contribution in [-0.2, 0) is 15.8 Å². The summed E-state index contributed by atoms with van der Waals surface area (Å²) >= 11 is 5.89. The maximum absolute atomic E-state index is 12.8. The third-order valence-electron chi connectivity index (χ3n) is 4.33. The first kappa shape index (κ1) is 19.5. The molecule has 9 heteroatoms. The summed E-state index contributed by atoms with van der Waals surface area (Å²) in [6.45, 7) is 2.58. The van der Waals surface area contributed by atoms with Gasteiger partial charge in [0.2, 0.25) is 11.8 Å². The Morgan fingerprint density at radius 3 is 2.68 bits per heavy atom. The second kappa shape index (κ2) is 7.61. The molecule has 2 atom stereocenters. The number of carbonyl (C=O) groups excluding carboxylic acids is 2. The van der Waals surface area contributed by atoms with Crippen LogP contribution >= 0.6 is 11.6 Å². The SMILES string of the molecule is C[C@@H](C(=O)Nc1cc(C(F)(F)F)ccc1Cl)N1CCC[C@H](C(N)=O)C1. The number of halogens is 4. The fourth-order valence-electron chi connectivity index (χ4n) is 2.79. The first-order valence-electron chi connectivity index (χ1n) is 7.80. The monoisotopic (exact) mass is 377 g/mol. The average Bonchev–Trinajstić information content (AvgIpc) is 2.55. The Hall–Kier alpha value is -1.80. The summed E-state index contributed by atoms with van der Waals surface area (Å²) in [5, 5.41) is 2.45. The van der Waals surface area contributed by atoms with Crippen molar-refractivity contribution in [3.8, 4) is 0 Å². The highest BCUT2D eigenvalue weighted by Crippen LogP contribution is 2.34. The Bertz CT molecular complexity index is 667. The van der Waals surface area contributed by atoms with Crippen molar-refractivity contribution in [2.75, 3.05) is 18.4 Å². The highest BCUT2D eigenvalue weighted by molar-refractivity contribution is 6.33. The minimum Gasteiger partial charge on any atom is -0.369 e. The van der Waals surface area contributed by atoms with Gasteiger partial charge >= 0.3 is 6.18 Å². The highest BCUT2D eigenvalue weighted by Gasteiger charge is 2.32. The molecule has 1 aliphatic rings. The minimum absolute atomic E-state index is 0.0159. The number of alkyl halides is 3. The molecule has 1 heterocycles. The van der Waals surface area contributed by atoms with E-state index in [4.69, 9.17) is 17.3 Å². The molecule has 2 amide bonds.